The second kappa shape index (κ2) is 22.5. The minimum atomic E-state index is -3.74. The van der Waals surface area contributed by atoms with Crippen molar-refractivity contribution in [3.63, 3.8) is 0 Å². The van der Waals surface area contributed by atoms with E-state index in [0.717, 1.165) is 27.7 Å². The summed E-state index contributed by atoms with van der Waals surface area (Å²) in [4.78, 5) is 87.3. The highest BCUT2D eigenvalue weighted by Crippen LogP contribution is 2.34. The number of hydrogen-bond acceptors (Lipinski definition) is 18. The second-order valence-electron chi connectivity index (χ2n) is 13.4. The van der Waals surface area contributed by atoms with Crippen LogP contribution in [0, 0.1) is 5.92 Å². The molecular formula is C36H52N2O19S. The Morgan fingerprint density at radius 2 is 1.45 bits per heavy atom. The first-order valence-corrected chi connectivity index (χ1v) is 19.6. The normalized spacial score (nSPS) is 26.7. The molecular weight excluding hydrogens is 796 g/mol. The molecule has 2 aliphatic rings. The number of Topliss-reactive ketones (excluding diaryl/α,β-unsaturated/α-hetero) is 1. The van der Waals surface area contributed by atoms with Crippen LogP contribution >= 0.6 is 0 Å². The molecule has 2 saturated heterocycles. The maximum Gasteiger partial charge on any atom is 0.328 e. The zero-order chi connectivity index (χ0) is 42.6. The Morgan fingerprint density at radius 3 is 2.00 bits per heavy atom. The SMILES string of the molecule is CC(=O)NC1C(OC(C)=O)[C@H](C(C)=O)[C@H](COC(C)=O)O[C@H]1O[C@@H]1C(COC(C)=O)O[C@H](O)C[C@H]1O[C@H](C)C(=O)N[C@@H](C)C(=O)OCCS(=O)(=O)c1ccccc1.O. The van der Waals surface area contributed by atoms with Gasteiger partial charge in [0.05, 0.1) is 22.7 Å². The van der Waals surface area contributed by atoms with Crippen LogP contribution < -0.4 is 10.6 Å². The maximum atomic E-state index is 13.3. The van der Waals surface area contributed by atoms with Crippen LogP contribution in [-0.4, -0.2) is 147 Å². The Hall–Kier alpha value is -4.58. The van der Waals surface area contributed by atoms with E-state index in [9.17, 15) is 47.1 Å². The molecule has 5 N–H and O–H groups in total. The number of ether oxygens (including phenoxy) is 8. The minimum absolute atomic E-state index is 0. The fraction of sp³-hybridized carbons (Fsp3) is 0.639. The van der Waals surface area contributed by atoms with E-state index in [1.54, 1.807) is 18.2 Å². The first-order chi connectivity index (χ1) is 26.7. The van der Waals surface area contributed by atoms with Crippen LogP contribution in [0.25, 0.3) is 0 Å². The number of carbonyl (C=O) groups is 7. The third-order valence-electron chi connectivity index (χ3n) is 8.70. The molecule has 3 unspecified atom stereocenters. The van der Waals surface area contributed by atoms with Gasteiger partial charge in [0.1, 0.15) is 68.2 Å². The van der Waals surface area contributed by atoms with Gasteiger partial charge in [-0.05, 0) is 32.9 Å². The molecule has 326 valence electrons. The highest BCUT2D eigenvalue weighted by atomic mass is 32.2. The summed E-state index contributed by atoms with van der Waals surface area (Å²) in [6, 6.07) is 4.92. The van der Waals surface area contributed by atoms with Crippen molar-refractivity contribution in [2.24, 2.45) is 5.92 Å². The van der Waals surface area contributed by atoms with E-state index in [2.05, 4.69) is 10.6 Å². The molecule has 3 rings (SSSR count). The predicted molar refractivity (Wildman–Crippen MR) is 195 cm³/mol. The molecule has 1 aromatic carbocycles. The summed E-state index contributed by atoms with van der Waals surface area (Å²) in [5.41, 5.74) is 0. The lowest BCUT2D eigenvalue weighted by Gasteiger charge is -2.48. The molecule has 58 heavy (non-hydrogen) atoms. The molecule has 2 amide bonds. The van der Waals surface area contributed by atoms with Crippen LogP contribution in [0.1, 0.15) is 54.9 Å². The van der Waals surface area contributed by atoms with Crippen molar-refractivity contribution in [3.8, 4) is 0 Å². The van der Waals surface area contributed by atoms with Gasteiger partial charge in [0.15, 0.2) is 22.4 Å². The van der Waals surface area contributed by atoms with E-state index in [4.69, 9.17) is 37.9 Å². The number of carbonyl (C=O) groups excluding carboxylic acids is 7. The fourth-order valence-electron chi connectivity index (χ4n) is 6.15. The largest absolute Gasteiger partial charge is 0.463 e. The number of hydrogen-bond donors (Lipinski definition) is 3. The standard InChI is InChI=1S/C36H50N2O18S.H2O/c1-18(35(46)49-13-14-57(47,48)25-11-9-8-10-12-25)37-34(45)20(3)52-26-15-29(44)54-28(17-51-23(6)42)32(26)56-36-31(38-21(4)40)33(53-24(7)43)30(19(2)39)27(55-36)16-50-22(5)41;/h8-12,18,20,26-33,36,44H,13-17H2,1-7H3,(H,37,45)(H,38,40);1H2/t18-,20+,26+,27-,28?,29-,30+,31?,32-,33?,36-;/m0./s1. The van der Waals surface area contributed by atoms with Gasteiger partial charge in [-0.15, -0.1) is 0 Å². The number of esters is 4. The monoisotopic (exact) mass is 848 g/mol. The van der Waals surface area contributed by atoms with Gasteiger partial charge in [0.25, 0.3) is 0 Å². The molecule has 0 spiro atoms. The summed E-state index contributed by atoms with van der Waals surface area (Å²) in [5.74, 6) is -7.00. The first kappa shape index (κ1) is 49.6. The summed E-state index contributed by atoms with van der Waals surface area (Å²) >= 11 is 0. The van der Waals surface area contributed by atoms with Crippen molar-refractivity contribution >= 4 is 51.3 Å². The number of benzene rings is 1. The second-order valence-corrected chi connectivity index (χ2v) is 15.5. The number of ketones is 1. The number of sulfone groups is 1. The molecule has 1 aromatic rings. The third kappa shape index (κ3) is 14.7. The molecule has 2 heterocycles. The van der Waals surface area contributed by atoms with Gasteiger partial charge in [-0.2, -0.15) is 0 Å². The summed E-state index contributed by atoms with van der Waals surface area (Å²) in [6.07, 6.45) is -11.6. The average molecular weight is 849 g/mol. The van der Waals surface area contributed by atoms with E-state index >= 15 is 0 Å². The van der Waals surface area contributed by atoms with Crippen LogP contribution in [0.15, 0.2) is 35.2 Å². The van der Waals surface area contributed by atoms with Gasteiger partial charge >= 0.3 is 23.9 Å². The van der Waals surface area contributed by atoms with Crippen LogP contribution in [0.3, 0.4) is 0 Å². The lowest BCUT2D eigenvalue weighted by molar-refractivity contribution is -0.322. The topological polar surface area (TPSA) is 303 Å². The average Bonchev–Trinajstić information content (AvgIpc) is 3.11. The lowest BCUT2D eigenvalue weighted by Crippen LogP contribution is -2.66. The highest BCUT2D eigenvalue weighted by molar-refractivity contribution is 7.91. The molecule has 0 bridgehead atoms. The molecule has 2 aliphatic heterocycles. The van der Waals surface area contributed by atoms with Crippen molar-refractivity contribution in [2.75, 3.05) is 25.6 Å². The first-order valence-electron chi connectivity index (χ1n) is 18.0. The van der Waals surface area contributed by atoms with Gasteiger partial charge in [-0.1, -0.05) is 18.2 Å². The van der Waals surface area contributed by atoms with E-state index in [-0.39, 0.29) is 16.8 Å². The van der Waals surface area contributed by atoms with Crippen molar-refractivity contribution in [3.05, 3.63) is 30.3 Å². The molecule has 0 radical (unpaired) electrons. The van der Waals surface area contributed by atoms with Gasteiger partial charge in [0, 0.05) is 34.1 Å². The van der Waals surface area contributed by atoms with E-state index in [1.807, 2.05) is 0 Å². The number of nitrogens with one attached hydrogen (secondary N) is 2. The van der Waals surface area contributed by atoms with E-state index in [0.29, 0.717) is 0 Å². The number of aliphatic hydroxyl groups excluding tert-OH is 1. The van der Waals surface area contributed by atoms with Gasteiger partial charge < -0.3 is 59.1 Å². The summed E-state index contributed by atoms with van der Waals surface area (Å²) in [5, 5.41) is 15.7. The predicted octanol–water partition coefficient (Wildman–Crippen LogP) is -1.56. The van der Waals surface area contributed by atoms with Crippen molar-refractivity contribution in [1.82, 2.24) is 10.6 Å². The van der Waals surface area contributed by atoms with E-state index < -0.39 is 144 Å². The zero-order valence-electron chi connectivity index (χ0n) is 33.1. The smallest absolute Gasteiger partial charge is 0.328 e. The van der Waals surface area contributed by atoms with Gasteiger partial charge in [-0.3, -0.25) is 28.8 Å². The van der Waals surface area contributed by atoms with Gasteiger partial charge in [0.2, 0.25) is 11.8 Å². The number of aliphatic hydroxyl groups is 1. The van der Waals surface area contributed by atoms with Gasteiger partial charge in [-0.25, -0.2) is 13.2 Å². The van der Waals surface area contributed by atoms with Crippen LogP contribution in [0.4, 0.5) is 0 Å². The molecule has 22 heteroatoms. The number of amides is 2. The Bertz CT molecular complexity index is 1710. The Kier molecular flexibility index (Phi) is 19.3. The zero-order valence-corrected chi connectivity index (χ0v) is 33.9. The van der Waals surface area contributed by atoms with Crippen molar-refractivity contribution in [1.29, 1.82) is 0 Å². The number of rotatable bonds is 18. The molecule has 11 atom stereocenters. The highest BCUT2D eigenvalue weighted by Gasteiger charge is 2.53. The Balaban J connectivity index is 0.0000116. The quantitative estimate of drug-likeness (QED) is 0.111. The molecule has 0 aliphatic carbocycles. The Labute approximate surface area is 334 Å². The van der Waals surface area contributed by atoms with Crippen LogP contribution in [-0.2, 0) is 81.3 Å². The molecule has 21 nitrogen and oxygen atoms in total. The molecule has 2 fully saturated rings. The molecule has 0 saturated carbocycles. The van der Waals surface area contributed by atoms with Crippen molar-refractivity contribution in [2.45, 2.75) is 121 Å². The van der Waals surface area contributed by atoms with E-state index in [1.165, 1.54) is 32.9 Å². The lowest BCUT2D eigenvalue weighted by atomic mass is 9.84. The summed E-state index contributed by atoms with van der Waals surface area (Å²) in [6.45, 7) is 6.78. The summed E-state index contributed by atoms with van der Waals surface area (Å²) in [7, 11) is -3.74. The van der Waals surface area contributed by atoms with Crippen LogP contribution in [0.5, 0.6) is 0 Å². The molecule has 0 aromatic heterocycles. The fourth-order valence-corrected chi connectivity index (χ4v) is 7.26. The summed E-state index contributed by atoms with van der Waals surface area (Å²) < 4.78 is 70.1. The maximum absolute atomic E-state index is 13.3. The van der Waals surface area contributed by atoms with Crippen LogP contribution in [0.2, 0.25) is 0 Å². The Morgan fingerprint density at radius 1 is 0.845 bits per heavy atom. The third-order valence-corrected chi connectivity index (χ3v) is 10.4. The van der Waals surface area contributed by atoms with Crippen molar-refractivity contribution < 1.29 is 90.5 Å². The minimum Gasteiger partial charge on any atom is -0.463 e.